The highest BCUT2D eigenvalue weighted by Gasteiger charge is 2.16. The summed E-state index contributed by atoms with van der Waals surface area (Å²) in [6.07, 6.45) is 0. The Bertz CT molecular complexity index is 686. The fraction of sp³-hybridized carbons (Fsp3) is 0.188. The zero-order valence-corrected chi connectivity index (χ0v) is 12.3. The number of hydrogen-bond acceptors (Lipinski definition) is 3. The van der Waals surface area contributed by atoms with Crippen LogP contribution >= 0.6 is 11.3 Å². The molecular weight excluding hydrogens is 287 g/mol. The van der Waals surface area contributed by atoms with Gasteiger partial charge in [0.15, 0.2) is 0 Å². The van der Waals surface area contributed by atoms with Crippen molar-refractivity contribution in [3.63, 3.8) is 0 Å². The highest BCUT2D eigenvalue weighted by molar-refractivity contribution is 7.10. The molecular formula is C16H15FN2OS. The molecule has 0 bridgehead atoms. The lowest BCUT2D eigenvalue weighted by atomic mass is 10.1. The van der Waals surface area contributed by atoms with Gasteiger partial charge in [-0.15, -0.1) is 11.3 Å². The average Bonchev–Trinajstić information content (AvgIpc) is 3.00. The van der Waals surface area contributed by atoms with E-state index in [-0.39, 0.29) is 18.2 Å². The van der Waals surface area contributed by atoms with Gasteiger partial charge in [-0.05, 0) is 36.6 Å². The van der Waals surface area contributed by atoms with Gasteiger partial charge in [-0.25, -0.2) is 4.39 Å². The van der Waals surface area contributed by atoms with Crippen LogP contribution in [-0.4, -0.2) is 12.5 Å². The molecule has 108 valence electrons. The number of hydrogen-bond donors (Lipinski definition) is 2. The highest BCUT2D eigenvalue weighted by atomic mass is 32.1. The molecule has 0 aliphatic rings. The third-order valence-corrected chi connectivity index (χ3v) is 3.92. The standard InChI is InChI=1S/C16H15FN2OS/c1-11(15-5-3-9-21-15)19-16(20)13-10-12(4-2-8-18)6-7-14(13)17/h3,5-7,9-11H,8,18H2,1H3,(H,19,20). The van der Waals surface area contributed by atoms with Crippen molar-refractivity contribution in [2.75, 3.05) is 6.54 Å². The van der Waals surface area contributed by atoms with E-state index in [4.69, 9.17) is 5.73 Å². The zero-order chi connectivity index (χ0) is 15.2. The van der Waals surface area contributed by atoms with E-state index >= 15 is 0 Å². The van der Waals surface area contributed by atoms with Crippen molar-refractivity contribution in [1.29, 1.82) is 0 Å². The van der Waals surface area contributed by atoms with Crippen LogP contribution in [0.5, 0.6) is 0 Å². The van der Waals surface area contributed by atoms with Crippen LogP contribution in [0, 0.1) is 17.7 Å². The van der Waals surface area contributed by atoms with Crippen molar-refractivity contribution in [1.82, 2.24) is 5.32 Å². The molecule has 1 amide bonds. The maximum atomic E-state index is 13.8. The Kier molecular flexibility index (Phi) is 5.09. The predicted molar refractivity (Wildman–Crippen MR) is 82.5 cm³/mol. The van der Waals surface area contributed by atoms with Gasteiger partial charge >= 0.3 is 0 Å². The summed E-state index contributed by atoms with van der Waals surface area (Å²) in [7, 11) is 0. The van der Waals surface area contributed by atoms with Gasteiger partial charge in [0.25, 0.3) is 5.91 Å². The van der Waals surface area contributed by atoms with Crippen LogP contribution in [0.2, 0.25) is 0 Å². The molecule has 1 unspecified atom stereocenters. The third-order valence-electron chi connectivity index (χ3n) is 2.86. The Morgan fingerprint density at radius 1 is 1.48 bits per heavy atom. The minimum Gasteiger partial charge on any atom is -0.345 e. The van der Waals surface area contributed by atoms with E-state index < -0.39 is 11.7 Å². The van der Waals surface area contributed by atoms with Crippen LogP contribution in [0.4, 0.5) is 4.39 Å². The first kappa shape index (κ1) is 15.2. The van der Waals surface area contributed by atoms with Gasteiger partial charge in [0.2, 0.25) is 0 Å². The van der Waals surface area contributed by atoms with Gasteiger partial charge in [-0.3, -0.25) is 4.79 Å². The van der Waals surface area contributed by atoms with E-state index in [1.54, 1.807) is 11.3 Å². The van der Waals surface area contributed by atoms with E-state index in [1.165, 1.54) is 18.2 Å². The molecule has 1 aromatic heterocycles. The molecule has 21 heavy (non-hydrogen) atoms. The molecule has 0 saturated carbocycles. The molecule has 0 fully saturated rings. The molecule has 0 aliphatic heterocycles. The number of nitrogens with two attached hydrogens (primary N) is 1. The van der Waals surface area contributed by atoms with Crippen LogP contribution in [0.1, 0.15) is 33.8 Å². The van der Waals surface area contributed by atoms with Crippen LogP contribution in [0.3, 0.4) is 0 Å². The molecule has 1 heterocycles. The van der Waals surface area contributed by atoms with Crippen molar-refractivity contribution in [2.24, 2.45) is 5.73 Å². The number of carbonyl (C=O) groups excluding carboxylic acids is 1. The molecule has 3 nitrogen and oxygen atoms in total. The van der Waals surface area contributed by atoms with Gasteiger partial charge in [-0.1, -0.05) is 17.9 Å². The predicted octanol–water partition coefficient (Wildman–Crippen LogP) is 2.69. The van der Waals surface area contributed by atoms with Crippen LogP contribution in [0.15, 0.2) is 35.7 Å². The third kappa shape index (κ3) is 3.91. The molecule has 0 spiro atoms. The van der Waals surface area contributed by atoms with Gasteiger partial charge in [0.1, 0.15) is 5.82 Å². The topological polar surface area (TPSA) is 55.1 Å². The molecule has 0 radical (unpaired) electrons. The second-order valence-corrected chi connectivity index (χ2v) is 5.39. The molecule has 2 aromatic rings. The summed E-state index contributed by atoms with van der Waals surface area (Å²) in [5.41, 5.74) is 5.85. The second-order valence-electron chi connectivity index (χ2n) is 4.41. The van der Waals surface area contributed by atoms with Crippen LogP contribution < -0.4 is 11.1 Å². The van der Waals surface area contributed by atoms with Gasteiger partial charge in [-0.2, -0.15) is 0 Å². The number of amides is 1. The van der Waals surface area contributed by atoms with Crippen LogP contribution in [0.25, 0.3) is 0 Å². The summed E-state index contributed by atoms with van der Waals surface area (Å²) < 4.78 is 13.8. The van der Waals surface area contributed by atoms with E-state index in [2.05, 4.69) is 17.2 Å². The summed E-state index contributed by atoms with van der Waals surface area (Å²) in [5, 5.41) is 4.71. The summed E-state index contributed by atoms with van der Waals surface area (Å²) in [5.74, 6) is 4.45. The van der Waals surface area contributed by atoms with Crippen molar-refractivity contribution >= 4 is 17.2 Å². The largest absolute Gasteiger partial charge is 0.345 e. The SMILES string of the molecule is CC(NC(=O)c1cc(C#CCN)ccc1F)c1cccs1. The quantitative estimate of drug-likeness (QED) is 0.857. The molecule has 3 N–H and O–H groups in total. The van der Waals surface area contributed by atoms with Crippen molar-refractivity contribution in [3.05, 3.63) is 57.5 Å². The monoisotopic (exact) mass is 302 g/mol. The lowest BCUT2D eigenvalue weighted by molar-refractivity contribution is 0.0936. The number of benzene rings is 1. The number of thiophene rings is 1. The minimum atomic E-state index is -0.566. The zero-order valence-electron chi connectivity index (χ0n) is 11.5. The number of halogens is 1. The fourth-order valence-corrected chi connectivity index (χ4v) is 2.55. The molecule has 0 saturated heterocycles. The smallest absolute Gasteiger partial charge is 0.254 e. The summed E-state index contributed by atoms with van der Waals surface area (Å²) in [6.45, 7) is 2.08. The lowest BCUT2D eigenvalue weighted by Crippen LogP contribution is -2.27. The summed E-state index contributed by atoms with van der Waals surface area (Å²) >= 11 is 1.54. The molecule has 5 heteroatoms. The first-order chi connectivity index (χ1) is 10.1. The first-order valence-corrected chi connectivity index (χ1v) is 7.32. The Morgan fingerprint density at radius 3 is 2.95 bits per heavy atom. The molecule has 1 aromatic carbocycles. The second kappa shape index (κ2) is 7.02. The molecule has 1 atom stereocenters. The van der Waals surface area contributed by atoms with E-state index in [0.717, 1.165) is 4.88 Å². The Balaban J connectivity index is 2.18. The van der Waals surface area contributed by atoms with Crippen molar-refractivity contribution in [3.8, 4) is 11.8 Å². The normalized spacial score (nSPS) is 11.4. The van der Waals surface area contributed by atoms with Gasteiger partial charge in [0, 0.05) is 10.4 Å². The Labute approximate surface area is 127 Å². The lowest BCUT2D eigenvalue weighted by Gasteiger charge is -2.12. The van der Waals surface area contributed by atoms with Crippen molar-refractivity contribution in [2.45, 2.75) is 13.0 Å². The number of carbonyl (C=O) groups is 1. The van der Waals surface area contributed by atoms with Gasteiger partial charge in [0.05, 0.1) is 18.2 Å². The summed E-state index contributed by atoms with van der Waals surface area (Å²) in [6, 6.07) is 7.87. The van der Waals surface area contributed by atoms with Gasteiger partial charge < -0.3 is 11.1 Å². The van der Waals surface area contributed by atoms with Crippen molar-refractivity contribution < 1.29 is 9.18 Å². The Hall–Kier alpha value is -2.16. The maximum Gasteiger partial charge on any atom is 0.254 e. The Morgan fingerprint density at radius 2 is 2.29 bits per heavy atom. The van der Waals surface area contributed by atoms with E-state index in [0.29, 0.717) is 5.56 Å². The fourth-order valence-electron chi connectivity index (χ4n) is 1.81. The number of nitrogens with one attached hydrogen (secondary N) is 1. The first-order valence-electron chi connectivity index (χ1n) is 6.44. The van der Waals surface area contributed by atoms with Crippen LogP contribution in [-0.2, 0) is 0 Å². The average molecular weight is 302 g/mol. The minimum absolute atomic E-state index is 0.0118. The maximum absolute atomic E-state index is 13.8. The summed E-state index contributed by atoms with van der Waals surface area (Å²) in [4.78, 5) is 13.2. The molecule has 2 rings (SSSR count). The van der Waals surface area contributed by atoms with E-state index in [1.807, 2.05) is 24.4 Å². The highest BCUT2D eigenvalue weighted by Crippen LogP contribution is 2.19. The van der Waals surface area contributed by atoms with E-state index in [9.17, 15) is 9.18 Å². The molecule has 0 aliphatic carbocycles. The number of rotatable bonds is 3.